The SMILES string of the molecule is O=C(CC(NS(=O)(=O)c1ccc2c(c1)CCCC2)c1ccccc1)NC(Cc1ccc(C2=NCCN2)cc1)C(=O)N1CCCC1. The number of fused-ring (bicyclic) bond motifs is 1. The van der Waals surface area contributed by atoms with Gasteiger partial charge in [-0.05, 0) is 72.9 Å². The summed E-state index contributed by atoms with van der Waals surface area (Å²) in [5.74, 6) is 0.359. The number of benzene rings is 3. The quantitative estimate of drug-likeness (QED) is 0.300. The number of carbonyl (C=O) groups excluding carboxylic acids is 2. The van der Waals surface area contributed by atoms with Crippen molar-refractivity contribution in [3.05, 3.63) is 101 Å². The van der Waals surface area contributed by atoms with Gasteiger partial charge in [-0.1, -0.05) is 60.7 Å². The number of likely N-dealkylation sites (tertiary alicyclic amines) is 1. The first kappa shape index (κ1) is 31.0. The fourth-order valence-electron chi connectivity index (χ4n) is 6.47. The largest absolute Gasteiger partial charge is 0.368 e. The Morgan fingerprint density at radius 2 is 1.62 bits per heavy atom. The smallest absolute Gasteiger partial charge is 0.245 e. The van der Waals surface area contributed by atoms with Crippen LogP contribution in [0.15, 0.2) is 82.7 Å². The first-order valence-corrected chi connectivity index (χ1v) is 17.5. The third-order valence-electron chi connectivity index (χ3n) is 8.91. The molecule has 1 saturated heterocycles. The molecular weight excluding hydrogens is 586 g/mol. The Hall–Kier alpha value is -4.02. The number of nitrogens with one attached hydrogen (secondary N) is 3. The molecule has 1 fully saturated rings. The van der Waals surface area contributed by atoms with Gasteiger partial charge in [0.2, 0.25) is 21.8 Å². The minimum absolute atomic E-state index is 0.113. The molecule has 10 heteroatoms. The molecule has 0 bridgehead atoms. The lowest BCUT2D eigenvalue weighted by Gasteiger charge is -2.26. The van der Waals surface area contributed by atoms with Crippen LogP contribution in [0.25, 0.3) is 0 Å². The molecule has 1 aliphatic carbocycles. The number of carbonyl (C=O) groups is 2. The van der Waals surface area contributed by atoms with Crippen molar-refractivity contribution in [2.24, 2.45) is 4.99 Å². The van der Waals surface area contributed by atoms with E-state index in [1.165, 1.54) is 5.56 Å². The van der Waals surface area contributed by atoms with Crippen LogP contribution >= 0.6 is 0 Å². The molecule has 2 atom stereocenters. The van der Waals surface area contributed by atoms with Gasteiger partial charge < -0.3 is 15.5 Å². The van der Waals surface area contributed by atoms with Crippen molar-refractivity contribution >= 4 is 27.7 Å². The van der Waals surface area contributed by atoms with Gasteiger partial charge in [0, 0.05) is 38.0 Å². The maximum Gasteiger partial charge on any atom is 0.245 e. The van der Waals surface area contributed by atoms with E-state index in [2.05, 4.69) is 20.3 Å². The van der Waals surface area contributed by atoms with Gasteiger partial charge in [0.15, 0.2) is 0 Å². The zero-order valence-corrected chi connectivity index (χ0v) is 26.3. The molecule has 3 aliphatic rings. The van der Waals surface area contributed by atoms with Crippen LogP contribution in [0.1, 0.15) is 66.0 Å². The Balaban J connectivity index is 1.20. The van der Waals surface area contributed by atoms with E-state index in [1.54, 1.807) is 12.1 Å². The van der Waals surface area contributed by atoms with Crippen LogP contribution in [-0.4, -0.2) is 63.2 Å². The van der Waals surface area contributed by atoms with Crippen LogP contribution < -0.4 is 15.4 Å². The van der Waals surface area contributed by atoms with Gasteiger partial charge in [0.1, 0.15) is 11.9 Å². The van der Waals surface area contributed by atoms with Gasteiger partial charge in [-0.25, -0.2) is 13.1 Å². The van der Waals surface area contributed by atoms with Gasteiger partial charge in [-0.15, -0.1) is 0 Å². The topological polar surface area (TPSA) is 120 Å². The highest BCUT2D eigenvalue weighted by Crippen LogP contribution is 2.26. The molecule has 9 nitrogen and oxygen atoms in total. The Morgan fingerprint density at radius 3 is 2.33 bits per heavy atom. The van der Waals surface area contributed by atoms with Crippen LogP contribution in [0.5, 0.6) is 0 Å². The van der Waals surface area contributed by atoms with Crippen LogP contribution in [0, 0.1) is 0 Å². The van der Waals surface area contributed by atoms with Gasteiger partial charge in [0.05, 0.1) is 17.5 Å². The van der Waals surface area contributed by atoms with Crippen molar-refractivity contribution in [3.63, 3.8) is 0 Å². The molecular formula is C35H41N5O4S. The molecule has 0 saturated carbocycles. The van der Waals surface area contributed by atoms with Crippen molar-refractivity contribution in [3.8, 4) is 0 Å². The fraction of sp³-hybridized carbons (Fsp3) is 0.400. The summed E-state index contributed by atoms with van der Waals surface area (Å²) in [4.78, 5) is 33.8. The number of amides is 2. The summed E-state index contributed by atoms with van der Waals surface area (Å²) < 4.78 is 30.1. The Bertz CT molecular complexity index is 1650. The Kier molecular flexibility index (Phi) is 9.61. The van der Waals surface area contributed by atoms with Crippen LogP contribution in [0.2, 0.25) is 0 Å². The van der Waals surface area contributed by atoms with Gasteiger partial charge in [-0.2, -0.15) is 0 Å². The van der Waals surface area contributed by atoms with E-state index in [0.717, 1.165) is 74.1 Å². The fourth-order valence-corrected chi connectivity index (χ4v) is 7.74. The van der Waals surface area contributed by atoms with Crippen LogP contribution in [0.4, 0.5) is 0 Å². The monoisotopic (exact) mass is 627 g/mol. The van der Waals surface area contributed by atoms with E-state index in [9.17, 15) is 18.0 Å². The normalized spacial score (nSPS) is 17.6. The maximum atomic E-state index is 13.6. The summed E-state index contributed by atoms with van der Waals surface area (Å²) in [6, 6.07) is 20.8. The number of sulfonamides is 1. The lowest BCUT2D eigenvalue weighted by molar-refractivity contribution is -0.135. The van der Waals surface area contributed by atoms with Crippen LogP contribution in [0.3, 0.4) is 0 Å². The summed E-state index contributed by atoms with van der Waals surface area (Å²) >= 11 is 0. The van der Waals surface area contributed by atoms with E-state index in [1.807, 2.05) is 65.6 Å². The third-order valence-corrected chi connectivity index (χ3v) is 10.4. The van der Waals surface area contributed by atoms with Crippen molar-refractivity contribution in [1.29, 1.82) is 0 Å². The number of nitrogens with zero attached hydrogens (tertiary/aromatic N) is 2. The summed E-state index contributed by atoms with van der Waals surface area (Å²) in [6.45, 7) is 2.91. The van der Waals surface area contributed by atoms with Gasteiger partial charge >= 0.3 is 0 Å². The summed E-state index contributed by atoms with van der Waals surface area (Å²) in [5.41, 5.74) is 4.85. The van der Waals surface area contributed by atoms with Gasteiger partial charge in [0.25, 0.3) is 0 Å². The second-order valence-corrected chi connectivity index (χ2v) is 13.9. The number of amidine groups is 1. The average molecular weight is 628 g/mol. The zero-order valence-electron chi connectivity index (χ0n) is 25.5. The average Bonchev–Trinajstić information content (AvgIpc) is 3.80. The first-order chi connectivity index (χ1) is 21.9. The number of hydrogen-bond donors (Lipinski definition) is 3. The molecule has 3 aromatic carbocycles. The molecule has 2 heterocycles. The van der Waals surface area contributed by atoms with Gasteiger partial charge in [-0.3, -0.25) is 14.6 Å². The Labute approximate surface area is 265 Å². The van der Waals surface area contributed by atoms with E-state index < -0.39 is 28.0 Å². The number of aryl methyl sites for hydroxylation is 2. The molecule has 0 spiro atoms. The molecule has 6 rings (SSSR count). The lowest BCUT2D eigenvalue weighted by Crippen LogP contribution is -2.49. The molecule has 0 aromatic heterocycles. The van der Waals surface area contributed by atoms with Crippen LogP contribution in [-0.2, 0) is 38.9 Å². The third kappa shape index (κ3) is 7.62. The summed E-state index contributed by atoms with van der Waals surface area (Å²) in [6.07, 6.45) is 6.05. The maximum absolute atomic E-state index is 13.6. The molecule has 2 unspecified atom stereocenters. The second-order valence-electron chi connectivity index (χ2n) is 12.1. The predicted molar refractivity (Wildman–Crippen MR) is 175 cm³/mol. The Morgan fingerprint density at radius 1 is 0.889 bits per heavy atom. The molecule has 2 amide bonds. The number of aliphatic imine (C=N–C) groups is 1. The molecule has 3 N–H and O–H groups in total. The highest BCUT2D eigenvalue weighted by atomic mass is 32.2. The minimum atomic E-state index is -3.92. The minimum Gasteiger partial charge on any atom is -0.368 e. The lowest BCUT2D eigenvalue weighted by atomic mass is 9.92. The number of rotatable bonds is 11. The molecule has 0 radical (unpaired) electrons. The highest BCUT2D eigenvalue weighted by Gasteiger charge is 2.30. The summed E-state index contributed by atoms with van der Waals surface area (Å²) in [7, 11) is -3.92. The second kappa shape index (κ2) is 14.0. The molecule has 45 heavy (non-hydrogen) atoms. The van der Waals surface area contributed by atoms with Crippen molar-refractivity contribution in [2.45, 2.75) is 68.3 Å². The standard InChI is InChI=1S/C35H41N5O4S/c41-33(38-32(35(42)40-20-6-7-21-40)22-25-12-14-28(15-13-25)34-36-18-19-37-34)24-31(27-9-2-1-3-10-27)39-45(43,44)30-17-16-26-8-4-5-11-29(26)23-30/h1-3,9-10,12-17,23,31-32,39H,4-8,11,18-22,24H2,(H,36,37)(H,38,41). The molecule has 2 aliphatic heterocycles. The van der Waals surface area contributed by atoms with E-state index in [4.69, 9.17) is 0 Å². The summed E-state index contributed by atoms with van der Waals surface area (Å²) in [5, 5.41) is 6.25. The number of hydrogen-bond acceptors (Lipinski definition) is 6. The van der Waals surface area contributed by atoms with E-state index >= 15 is 0 Å². The van der Waals surface area contributed by atoms with Crippen molar-refractivity contribution < 1.29 is 18.0 Å². The first-order valence-electron chi connectivity index (χ1n) is 16.0. The highest BCUT2D eigenvalue weighted by molar-refractivity contribution is 7.89. The van der Waals surface area contributed by atoms with E-state index in [-0.39, 0.29) is 17.2 Å². The molecule has 236 valence electrons. The molecule has 3 aromatic rings. The zero-order chi connectivity index (χ0) is 31.2. The van der Waals surface area contributed by atoms with E-state index in [0.29, 0.717) is 25.1 Å². The predicted octanol–water partition coefficient (Wildman–Crippen LogP) is 3.67. The van der Waals surface area contributed by atoms with Crippen molar-refractivity contribution in [2.75, 3.05) is 26.2 Å². The van der Waals surface area contributed by atoms with Crippen molar-refractivity contribution in [1.82, 2.24) is 20.3 Å².